The van der Waals surface area contributed by atoms with Crippen molar-refractivity contribution in [2.45, 2.75) is 17.2 Å². The minimum Gasteiger partial charge on any atom is -0.507 e. The summed E-state index contributed by atoms with van der Waals surface area (Å²) < 4.78 is 37.5. The lowest BCUT2D eigenvalue weighted by molar-refractivity contribution is 0.153. The fourth-order valence-electron chi connectivity index (χ4n) is 1.13. The number of phenolic OH excluding ortho intramolecular Hbond substituents is 1. The second-order valence-electron chi connectivity index (χ2n) is 3.26. The van der Waals surface area contributed by atoms with Crippen molar-refractivity contribution in [3.63, 3.8) is 0 Å². The summed E-state index contributed by atoms with van der Waals surface area (Å²) in [7, 11) is 0. The number of benzene rings is 1. The van der Waals surface area contributed by atoms with Crippen LogP contribution < -0.4 is 0 Å². The highest BCUT2D eigenvalue weighted by Gasteiger charge is 2.21. The molecule has 2 nitrogen and oxygen atoms in total. The van der Waals surface area contributed by atoms with E-state index in [1.165, 1.54) is 18.2 Å². The molecule has 2 atom stereocenters. The molecular formula is C11H10F3NOS. The van der Waals surface area contributed by atoms with Crippen LogP contribution in [-0.4, -0.2) is 29.9 Å². The molecule has 17 heavy (non-hydrogen) atoms. The minimum absolute atomic E-state index is 0.170. The Labute approximate surface area is 101 Å². The highest BCUT2D eigenvalue weighted by Crippen LogP contribution is 2.32. The zero-order valence-corrected chi connectivity index (χ0v) is 9.55. The van der Waals surface area contributed by atoms with Gasteiger partial charge >= 0.3 is 0 Å². The lowest BCUT2D eigenvalue weighted by Crippen LogP contribution is -2.21. The van der Waals surface area contributed by atoms with E-state index in [9.17, 15) is 18.3 Å². The van der Waals surface area contributed by atoms with Crippen molar-refractivity contribution in [3.8, 4) is 11.8 Å². The quantitative estimate of drug-likeness (QED) is 0.829. The van der Waals surface area contributed by atoms with Crippen molar-refractivity contribution in [1.29, 1.82) is 5.26 Å². The van der Waals surface area contributed by atoms with Crippen LogP contribution in [0.2, 0.25) is 0 Å². The number of rotatable bonds is 5. The zero-order chi connectivity index (χ0) is 12.8. The van der Waals surface area contributed by atoms with Crippen molar-refractivity contribution in [1.82, 2.24) is 0 Å². The molecule has 0 aliphatic carbocycles. The molecular weight excluding hydrogens is 251 g/mol. The molecule has 1 aromatic rings. The van der Waals surface area contributed by atoms with Crippen LogP contribution in [-0.2, 0) is 0 Å². The van der Waals surface area contributed by atoms with E-state index in [1.54, 1.807) is 0 Å². The molecule has 0 fully saturated rings. The molecule has 0 aromatic heterocycles. The summed E-state index contributed by atoms with van der Waals surface area (Å²) in [5, 5.41) is 18.2. The van der Waals surface area contributed by atoms with Gasteiger partial charge in [-0.1, -0.05) is 6.07 Å². The van der Waals surface area contributed by atoms with Crippen molar-refractivity contribution in [3.05, 3.63) is 23.8 Å². The van der Waals surface area contributed by atoms with E-state index in [0.717, 1.165) is 11.8 Å². The highest BCUT2D eigenvalue weighted by molar-refractivity contribution is 7.99. The number of nitrogens with zero attached hydrogens (tertiary/aromatic N) is 1. The molecule has 0 spiro atoms. The zero-order valence-electron chi connectivity index (χ0n) is 8.74. The standard InChI is InChI=1S/C11H10F3NOS/c12-4-8(13)9(14)6-17-11-7(5-15)2-1-3-10(11)16/h1-3,8-9,16H,4,6H2. The molecule has 0 radical (unpaired) electrons. The summed E-state index contributed by atoms with van der Waals surface area (Å²) in [6.07, 6.45) is -4.13. The van der Waals surface area contributed by atoms with Crippen molar-refractivity contribution >= 4 is 11.8 Å². The van der Waals surface area contributed by atoms with E-state index in [2.05, 4.69) is 0 Å². The Morgan fingerprint density at radius 3 is 2.65 bits per heavy atom. The van der Waals surface area contributed by atoms with Crippen LogP contribution in [0.4, 0.5) is 13.2 Å². The van der Waals surface area contributed by atoms with Crippen LogP contribution >= 0.6 is 11.8 Å². The number of nitriles is 1. The second kappa shape index (κ2) is 6.40. The molecule has 1 aromatic carbocycles. The number of alkyl halides is 3. The third-order valence-corrected chi connectivity index (χ3v) is 3.24. The Bertz CT molecular complexity index is 422. The third-order valence-electron chi connectivity index (χ3n) is 2.04. The molecule has 6 heteroatoms. The molecule has 0 aliphatic heterocycles. The van der Waals surface area contributed by atoms with Gasteiger partial charge in [0, 0.05) is 5.75 Å². The largest absolute Gasteiger partial charge is 0.507 e. The highest BCUT2D eigenvalue weighted by atomic mass is 32.2. The van der Waals surface area contributed by atoms with Crippen LogP contribution in [0.15, 0.2) is 23.1 Å². The summed E-state index contributed by atoms with van der Waals surface area (Å²) >= 11 is 0.796. The van der Waals surface area contributed by atoms with Crippen molar-refractivity contribution in [2.75, 3.05) is 12.4 Å². The van der Waals surface area contributed by atoms with Gasteiger partial charge in [-0.25, -0.2) is 13.2 Å². The van der Waals surface area contributed by atoms with E-state index in [-0.39, 0.29) is 22.0 Å². The number of hydrogen-bond acceptors (Lipinski definition) is 3. The number of hydrogen-bond donors (Lipinski definition) is 1. The fraction of sp³-hybridized carbons (Fsp3) is 0.364. The SMILES string of the molecule is N#Cc1cccc(O)c1SCC(F)C(F)CF. The van der Waals surface area contributed by atoms with Gasteiger partial charge in [0.05, 0.1) is 10.5 Å². The maximum Gasteiger partial charge on any atom is 0.160 e. The average Bonchev–Trinajstić information content (AvgIpc) is 2.35. The van der Waals surface area contributed by atoms with Crippen LogP contribution in [0.3, 0.4) is 0 Å². The predicted molar refractivity (Wildman–Crippen MR) is 59.3 cm³/mol. The van der Waals surface area contributed by atoms with Crippen LogP contribution in [0.1, 0.15) is 5.56 Å². The van der Waals surface area contributed by atoms with Gasteiger partial charge in [-0.05, 0) is 12.1 Å². The monoisotopic (exact) mass is 261 g/mol. The van der Waals surface area contributed by atoms with Gasteiger partial charge in [-0.15, -0.1) is 11.8 Å². The number of aromatic hydroxyl groups is 1. The third kappa shape index (κ3) is 3.56. The Morgan fingerprint density at radius 2 is 2.06 bits per heavy atom. The maximum absolute atomic E-state index is 13.0. The Balaban J connectivity index is 2.73. The van der Waals surface area contributed by atoms with E-state index in [1.807, 2.05) is 6.07 Å². The Hall–Kier alpha value is -1.35. The molecule has 1 N–H and O–H groups in total. The molecule has 0 amide bonds. The Morgan fingerprint density at radius 1 is 1.35 bits per heavy atom. The summed E-state index contributed by atoms with van der Waals surface area (Å²) in [6.45, 7) is -1.38. The average molecular weight is 261 g/mol. The van der Waals surface area contributed by atoms with Gasteiger partial charge in [0.15, 0.2) is 6.17 Å². The van der Waals surface area contributed by atoms with E-state index >= 15 is 0 Å². The van der Waals surface area contributed by atoms with Gasteiger partial charge in [-0.2, -0.15) is 5.26 Å². The number of halogens is 3. The molecule has 1 rings (SSSR count). The summed E-state index contributed by atoms with van der Waals surface area (Å²) in [5.41, 5.74) is 0.179. The summed E-state index contributed by atoms with van der Waals surface area (Å²) in [6, 6.07) is 6.11. The number of phenols is 1. The summed E-state index contributed by atoms with van der Waals surface area (Å²) in [5.74, 6) is -0.519. The topological polar surface area (TPSA) is 44.0 Å². The first-order valence-electron chi connectivity index (χ1n) is 4.79. The predicted octanol–water partition coefficient (Wildman–Crippen LogP) is 3.00. The summed E-state index contributed by atoms with van der Waals surface area (Å²) in [4.78, 5) is 0.184. The first-order chi connectivity index (χ1) is 8.10. The van der Waals surface area contributed by atoms with E-state index in [0.29, 0.717) is 0 Å². The van der Waals surface area contributed by atoms with Crippen molar-refractivity contribution in [2.24, 2.45) is 0 Å². The van der Waals surface area contributed by atoms with Gasteiger partial charge in [0.2, 0.25) is 0 Å². The van der Waals surface area contributed by atoms with Crippen LogP contribution in [0.25, 0.3) is 0 Å². The smallest absolute Gasteiger partial charge is 0.160 e. The van der Waals surface area contributed by atoms with Crippen LogP contribution in [0, 0.1) is 11.3 Å². The Kier molecular flexibility index (Phi) is 5.16. The number of thioether (sulfide) groups is 1. The lowest BCUT2D eigenvalue weighted by Gasteiger charge is -2.11. The molecule has 2 unspecified atom stereocenters. The second-order valence-corrected chi connectivity index (χ2v) is 4.29. The molecule has 0 aliphatic rings. The van der Waals surface area contributed by atoms with E-state index < -0.39 is 19.0 Å². The molecule has 0 saturated carbocycles. The molecule has 0 heterocycles. The van der Waals surface area contributed by atoms with E-state index in [4.69, 9.17) is 5.26 Å². The van der Waals surface area contributed by atoms with Crippen molar-refractivity contribution < 1.29 is 18.3 Å². The molecule has 0 saturated heterocycles. The fourth-order valence-corrected chi connectivity index (χ4v) is 2.15. The van der Waals surface area contributed by atoms with Gasteiger partial charge < -0.3 is 5.11 Å². The first kappa shape index (κ1) is 13.7. The molecule has 92 valence electrons. The maximum atomic E-state index is 13.0. The minimum atomic E-state index is -2.17. The van der Waals surface area contributed by atoms with Crippen LogP contribution in [0.5, 0.6) is 5.75 Å². The normalized spacial score (nSPS) is 14.0. The van der Waals surface area contributed by atoms with Gasteiger partial charge in [0.25, 0.3) is 0 Å². The lowest BCUT2D eigenvalue weighted by atomic mass is 10.2. The van der Waals surface area contributed by atoms with Gasteiger partial charge in [0.1, 0.15) is 24.7 Å². The van der Waals surface area contributed by atoms with Gasteiger partial charge in [-0.3, -0.25) is 0 Å². The molecule has 0 bridgehead atoms. The first-order valence-corrected chi connectivity index (χ1v) is 5.77.